The van der Waals surface area contributed by atoms with E-state index in [1.54, 1.807) is 6.66 Å². The van der Waals surface area contributed by atoms with Crippen molar-refractivity contribution in [1.29, 1.82) is 0 Å². The van der Waals surface area contributed by atoms with Crippen LogP contribution in [0.15, 0.2) is 0 Å². The van der Waals surface area contributed by atoms with Crippen LogP contribution in [0.3, 0.4) is 0 Å². The highest BCUT2D eigenvalue weighted by atomic mass is 31.1. The fourth-order valence-corrected chi connectivity index (χ4v) is 1.57. The SMILES string of the molecule is CC(=O)NC(CC[PH](C)=O)C(N)=O. The number of carbonyl (C=O) groups excluding carboxylic acids is 2. The number of nitrogens with two attached hydrogens (primary N) is 1. The Labute approximate surface area is 77.8 Å². The molecule has 0 aliphatic carbocycles. The Morgan fingerprint density at radius 1 is 1.54 bits per heavy atom. The molecular weight excluding hydrogens is 191 g/mol. The summed E-state index contributed by atoms with van der Waals surface area (Å²) in [5, 5.41) is 2.40. The summed E-state index contributed by atoms with van der Waals surface area (Å²) in [7, 11) is -1.61. The Kier molecular flexibility index (Phi) is 5.39. The predicted molar refractivity (Wildman–Crippen MR) is 51.2 cm³/mol. The van der Waals surface area contributed by atoms with Gasteiger partial charge in [-0.25, -0.2) is 0 Å². The van der Waals surface area contributed by atoms with Gasteiger partial charge >= 0.3 is 0 Å². The van der Waals surface area contributed by atoms with Crippen LogP contribution in [0.25, 0.3) is 0 Å². The first-order chi connectivity index (χ1) is 5.93. The summed E-state index contributed by atoms with van der Waals surface area (Å²) in [5.41, 5.74) is 5.03. The van der Waals surface area contributed by atoms with E-state index in [-0.39, 0.29) is 5.91 Å². The highest BCUT2D eigenvalue weighted by Crippen LogP contribution is 2.15. The van der Waals surface area contributed by atoms with E-state index in [1.165, 1.54) is 6.92 Å². The van der Waals surface area contributed by atoms with Gasteiger partial charge < -0.3 is 15.6 Å². The summed E-state index contributed by atoms with van der Waals surface area (Å²) in [4.78, 5) is 21.4. The standard InChI is InChI=1S/C7H15N2O3P/c1-5(10)9-6(7(8)11)3-4-13(2)12/h6,13H,3-4H2,1-2H3,(H2,8,11)(H,9,10). The fourth-order valence-electron chi connectivity index (χ4n) is 0.879. The molecule has 0 radical (unpaired) electrons. The summed E-state index contributed by atoms with van der Waals surface area (Å²) in [6.07, 6.45) is 0.780. The molecule has 5 nitrogen and oxygen atoms in total. The third-order valence-corrected chi connectivity index (χ3v) is 2.50. The zero-order valence-electron chi connectivity index (χ0n) is 7.79. The molecule has 2 amide bonds. The first kappa shape index (κ1) is 12.2. The topological polar surface area (TPSA) is 89.3 Å². The molecule has 0 saturated heterocycles. The van der Waals surface area contributed by atoms with Crippen molar-refractivity contribution in [2.24, 2.45) is 5.73 Å². The summed E-state index contributed by atoms with van der Waals surface area (Å²) < 4.78 is 10.8. The molecule has 2 atom stereocenters. The van der Waals surface area contributed by atoms with Crippen LogP contribution in [0.1, 0.15) is 13.3 Å². The maximum absolute atomic E-state index is 10.8. The van der Waals surface area contributed by atoms with Crippen molar-refractivity contribution >= 4 is 19.6 Å². The van der Waals surface area contributed by atoms with Crippen LogP contribution in [-0.2, 0) is 14.2 Å². The Hall–Kier alpha value is -0.830. The molecule has 0 bridgehead atoms. The Morgan fingerprint density at radius 2 is 2.08 bits per heavy atom. The molecule has 0 aromatic carbocycles. The average molecular weight is 206 g/mol. The molecule has 0 spiro atoms. The average Bonchev–Trinajstić information content (AvgIpc) is 1.96. The number of amides is 2. The zero-order valence-corrected chi connectivity index (χ0v) is 8.79. The Bertz CT molecular complexity index is 230. The zero-order chi connectivity index (χ0) is 10.4. The molecule has 76 valence electrons. The summed E-state index contributed by atoms with van der Waals surface area (Å²) in [6, 6.07) is -0.689. The minimum Gasteiger partial charge on any atom is -0.368 e. The van der Waals surface area contributed by atoms with Gasteiger partial charge in [-0.1, -0.05) is 0 Å². The molecule has 0 saturated carbocycles. The highest BCUT2D eigenvalue weighted by Gasteiger charge is 2.15. The van der Waals surface area contributed by atoms with Crippen LogP contribution in [0.5, 0.6) is 0 Å². The van der Waals surface area contributed by atoms with E-state index in [0.29, 0.717) is 12.6 Å². The van der Waals surface area contributed by atoms with Gasteiger partial charge in [-0.2, -0.15) is 0 Å². The molecule has 0 aromatic heterocycles. The minimum atomic E-state index is -1.61. The lowest BCUT2D eigenvalue weighted by Crippen LogP contribution is -2.43. The van der Waals surface area contributed by atoms with Crippen LogP contribution >= 0.6 is 7.80 Å². The number of carbonyl (C=O) groups is 2. The lowest BCUT2D eigenvalue weighted by Gasteiger charge is -2.12. The molecular formula is C7H15N2O3P. The number of nitrogens with one attached hydrogen (secondary N) is 1. The van der Waals surface area contributed by atoms with Crippen molar-refractivity contribution in [3.8, 4) is 0 Å². The molecule has 0 aromatic rings. The molecule has 0 rings (SSSR count). The molecule has 6 heteroatoms. The maximum Gasteiger partial charge on any atom is 0.240 e. The van der Waals surface area contributed by atoms with Crippen molar-refractivity contribution in [2.45, 2.75) is 19.4 Å². The fraction of sp³-hybridized carbons (Fsp3) is 0.714. The van der Waals surface area contributed by atoms with E-state index in [0.717, 1.165) is 0 Å². The Balaban J connectivity index is 4.02. The predicted octanol–water partition coefficient (Wildman–Crippen LogP) is -0.444. The van der Waals surface area contributed by atoms with E-state index in [4.69, 9.17) is 5.73 Å². The lowest BCUT2D eigenvalue weighted by molar-refractivity contribution is -0.126. The first-order valence-corrected chi connectivity index (χ1v) is 6.11. The van der Waals surface area contributed by atoms with E-state index in [1.807, 2.05) is 0 Å². The molecule has 0 fully saturated rings. The van der Waals surface area contributed by atoms with Gasteiger partial charge in [0.25, 0.3) is 0 Å². The lowest BCUT2D eigenvalue weighted by atomic mass is 10.2. The molecule has 13 heavy (non-hydrogen) atoms. The van der Waals surface area contributed by atoms with Gasteiger partial charge in [0, 0.05) is 13.1 Å². The molecule has 0 aliphatic rings. The molecule has 2 unspecified atom stereocenters. The van der Waals surface area contributed by atoms with Crippen molar-refractivity contribution in [2.75, 3.05) is 12.8 Å². The third kappa shape index (κ3) is 6.34. The molecule has 3 N–H and O–H groups in total. The van der Waals surface area contributed by atoms with Crippen molar-refractivity contribution in [3.63, 3.8) is 0 Å². The van der Waals surface area contributed by atoms with Crippen LogP contribution in [0.2, 0.25) is 0 Å². The third-order valence-electron chi connectivity index (χ3n) is 1.51. The van der Waals surface area contributed by atoms with Crippen molar-refractivity contribution in [1.82, 2.24) is 5.32 Å². The number of hydrogen-bond acceptors (Lipinski definition) is 3. The monoisotopic (exact) mass is 206 g/mol. The summed E-state index contributed by atoms with van der Waals surface area (Å²) in [5.74, 6) is -0.891. The van der Waals surface area contributed by atoms with E-state index >= 15 is 0 Å². The quantitative estimate of drug-likeness (QED) is 0.597. The van der Waals surface area contributed by atoms with Crippen LogP contribution in [0, 0.1) is 0 Å². The molecule has 0 aliphatic heterocycles. The summed E-state index contributed by atoms with van der Waals surface area (Å²) in [6.45, 7) is 2.92. The highest BCUT2D eigenvalue weighted by molar-refractivity contribution is 7.43. The van der Waals surface area contributed by atoms with Gasteiger partial charge in [0.2, 0.25) is 11.8 Å². The maximum atomic E-state index is 10.8. The number of primary amides is 1. The smallest absolute Gasteiger partial charge is 0.240 e. The number of rotatable bonds is 5. The normalized spacial score (nSPS) is 14.6. The van der Waals surface area contributed by atoms with Gasteiger partial charge in [0.15, 0.2) is 0 Å². The summed E-state index contributed by atoms with van der Waals surface area (Å²) >= 11 is 0. The van der Waals surface area contributed by atoms with Gasteiger partial charge in [0.05, 0.1) is 7.80 Å². The number of hydrogen-bond donors (Lipinski definition) is 2. The Morgan fingerprint density at radius 3 is 2.38 bits per heavy atom. The molecule has 0 heterocycles. The second-order valence-electron chi connectivity index (χ2n) is 2.90. The second kappa shape index (κ2) is 5.75. The largest absolute Gasteiger partial charge is 0.368 e. The van der Waals surface area contributed by atoms with Gasteiger partial charge in [-0.15, -0.1) is 0 Å². The van der Waals surface area contributed by atoms with E-state index < -0.39 is 19.8 Å². The van der Waals surface area contributed by atoms with Gasteiger partial charge in [-0.05, 0) is 13.1 Å². The van der Waals surface area contributed by atoms with Gasteiger partial charge in [0.1, 0.15) is 6.04 Å². The first-order valence-electron chi connectivity index (χ1n) is 3.99. The minimum absolute atomic E-state index is 0.306. The van der Waals surface area contributed by atoms with Crippen LogP contribution in [0.4, 0.5) is 0 Å². The van der Waals surface area contributed by atoms with Crippen molar-refractivity contribution in [3.05, 3.63) is 0 Å². The van der Waals surface area contributed by atoms with E-state index in [2.05, 4.69) is 5.32 Å². The van der Waals surface area contributed by atoms with Crippen LogP contribution in [-0.4, -0.2) is 30.7 Å². The van der Waals surface area contributed by atoms with Crippen LogP contribution < -0.4 is 11.1 Å². The van der Waals surface area contributed by atoms with E-state index in [9.17, 15) is 14.2 Å². The van der Waals surface area contributed by atoms with Crippen molar-refractivity contribution < 1.29 is 14.2 Å². The second-order valence-corrected chi connectivity index (χ2v) is 4.80. The van der Waals surface area contributed by atoms with Gasteiger partial charge in [-0.3, -0.25) is 9.59 Å².